The Bertz CT molecular complexity index is 475. The smallest absolute Gasteiger partial charge is 0.132 e. The van der Waals surface area contributed by atoms with Gasteiger partial charge in [-0.25, -0.2) is 9.97 Å². The largest absolute Gasteiger partial charge is 0.317 e. The summed E-state index contributed by atoms with van der Waals surface area (Å²) in [5.74, 6) is 1.53. The molecular weight excluding hydrogens is 230 g/mol. The van der Waals surface area contributed by atoms with E-state index in [2.05, 4.69) is 27.1 Å². The molecule has 0 radical (unpaired) electrons. The highest BCUT2D eigenvalue weighted by atomic mass is 32.1. The topological polar surface area (TPSA) is 37.8 Å². The Labute approximate surface area is 105 Å². The molecule has 4 heteroatoms. The molecule has 3 heterocycles. The summed E-state index contributed by atoms with van der Waals surface area (Å²) in [6.45, 7) is 2.16. The third-order valence-electron chi connectivity index (χ3n) is 3.20. The molecule has 3 nitrogen and oxygen atoms in total. The summed E-state index contributed by atoms with van der Waals surface area (Å²) in [6, 6.07) is 4.10. The van der Waals surface area contributed by atoms with E-state index in [1.807, 2.05) is 12.3 Å². The van der Waals surface area contributed by atoms with Crippen molar-refractivity contribution in [2.75, 3.05) is 13.1 Å². The van der Waals surface area contributed by atoms with Gasteiger partial charge >= 0.3 is 0 Å². The van der Waals surface area contributed by atoms with E-state index in [1.165, 1.54) is 5.56 Å². The van der Waals surface area contributed by atoms with Crippen molar-refractivity contribution in [3.8, 4) is 11.3 Å². The predicted octanol–water partition coefficient (Wildman–Crippen LogP) is 2.67. The van der Waals surface area contributed by atoms with Crippen LogP contribution in [0.1, 0.15) is 24.6 Å². The van der Waals surface area contributed by atoms with Crippen LogP contribution in [0.4, 0.5) is 0 Å². The van der Waals surface area contributed by atoms with E-state index in [0.717, 1.165) is 37.4 Å². The molecule has 0 aromatic carbocycles. The first kappa shape index (κ1) is 10.9. The van der Waals surface area contributed by atoms with E-state index >= 15 is 0 Å². The van der Waals surface area contributed by atoms with Crippen molar-refractivity contribution in [3.63, 3.8) is 0 Å². The molecule has 1 saturated heterocycles. The van der Waals surface area contributed by atoms with Crippen LogP contribution >= 0.6 is 11.3 Å². The Morgan fingerprint density at radius 2 is 2.12 bits per heavy atom. The monoisotopic (exact) mass is 245 g/mol. The molecule has 0 saturated carbocycles. The molecule has 1 fully saturated rings. The SMILES string of the molecule is c1cc(-c2ccsc2)nc(C2CCNCC2)n1. The summed E-state index contributed by atoms with van der Waals surface area (Å²) >= 11 is 1.71. The maximum atomic E-state index is 4.71. The van der Waals surface area contributed by atoms with Crippen LogP contribution in [0.5, 0.6) is 0 Å². The lowest BCUT2D eigenvalue weighted by Crippen LogP contribution is -2.27. The first-order valence-corrected chi connectivity index (χ1v) is 6.94. The summed E-state index contributed by atoms with van der Waals surface area (Å²) in [5.41, 5.74) is 2.25. The number of nitrogens with zero attached hydrogens (tertiary/aromatic N) is 2. The number of nitrogens with one attached hydrogen (secondary N) is 1. The third kappa shape index (κ3) is 2.37. The fourth-order valence-corrected chi connectivity index (χ4v) is 2.87. The molecular formula is C13H15N3S. The van der Waals surface area contributed by atoms with Gasteiger partial charge in [0.05, 0.1) is 5.69 Å². The molecule has 0 atom stereocenters. The molecule has 1 N–H and O–H groups in total. The summed E-state index contributed by atoms with van der Waals surface area (Å²) in [5, 5.41) is 7.59. The van der Waals surface area contributed by atoms with Crippen molar-refractivity contribution < 1.29 is 0 Å². The van der Waals surface area contributed by atoms with E-state index < -0.39 is 0 Å². The zero-order chi connectivity index (χ0) is 11.5. The van der Waals surface area contributed by atoms with Gasteiger partial charge in [0.2, 0.25) is 0 Å². The van der Waals surface area contributed by atoms with Gasteiger partial charge in [0.1, 0.15) is 5.82 Å². The van der Waals surface area contributed by atoms with Gasteiger partial charge in [0, 0.05) is 23.1 Å². The van der Waals surface area contributed by atoms with Crippen molar-refractivity contribution in [1.82, 2.24) is 15.3 Å². The van der Waals surface area contributed by atoms with Crippen LogP contribution in [0.3, 0.4) is 0 Å². The van der Waals surface area contributed by atoms with Gasteiger partial charge in [-0.15, -0.1) is 0 Å². The van der Waals surface area contributed by atoms with E-state index in [0.29, 0.717) is 5.92 Å². The van der Waals surface area contributed by atoms with Crippen LogP contribution < -0.4 is 5.32 Å². The Morgan fingerprint density at radius 1 is 1.24 bits per heavy atom. The Hall–Kier alpha value is -1.26. The molecule has 0 amide bonds. The highest BCUT2D eigenvalue weighted by Gasteiger charge is 2.18. The van der Waals surface area contributed by atoms with Crippen molar-refractivity contribution in [2.24, 2.45) is 0 Å². The number of hydrogen-bond acceptors (Lipinski definition) is 4. The Balaban J connectivity index is 1.88. The number of aromatic nitrogens is 2. The van der Waals surface area contributed by atoms with Gasteiger partial charge in [0.15, 0.2) is 0 Å². The lowest BCUT2D eigenvalue weighted by molar-refractivity contribution is 0.445. The normalized spacial score (nSPS) is 17.2. The predicted molar refractivity (Wildman–Crippen MR) is 70.2 cm³/mol. The van der Waals surface area contributed by atoms with Crippen LogP contribution in [-0.4, -0.2) is 23.1 Å². The molecule has 0 bridgehead atoms. The quantitative estimate of drug-likeness (QED) is 0.884. The summed E-state index contributed by atoms with van der Waals surface area (Å²) < 4.78 is 0. The maximum Gasteiger partial charge on any atom is 0.132 e. The van der Waals surface area contributed by atoms with Crippen molar-refractivity contribution in [2.45, 2.75) is 18.8 Å². The second kappa shape index (κ2) is 4.94. The van der Waals surface area contributed by atoms with E-state index in [9.17, 15) is 0 Å². The number of piperidine rings is 1. The van der Waals surface area contributed by atoms with Gasteiger partial charge in [-0.1, -0.05) is 0 Å². The van der Waals surface area contributed by atoms with Crippen LogP contribution in [0.2, 0.25) is 0 Å². The van der Waals surface area contributed by atoms with Gasteiger partial charge in [-0.3, -0.25) is 0 Å². The fraction of sp³-hybridized carbons (Fsp3) is 0.385. The highest BCUT2D eigenvalue weighted by Crippen LogP contribution is 2.25. The molecule has 3 rings (SSSR count). The van der Waals surface area contributed by atoms with Gasteiger partial charge in [0.25, 0.3) is 0 Å². The Morgan fingerprint density at radius 3 is 2.88 bits per heavy atom. The highest BCUT2D eigenvalue weighted by molar-refractivity contribution is 7.08. The number of hydrogen-bond donors (Lipinski definition) is 1. The zero-order valence-electron chi connectivity index (χ0n) is 9.60. The standard InChI is InChI=1S/C13H15N3S/c1-5-14-6-2-10(1)13-15-7-3-12(16-13)11-4-8-17-9-11/h3-4,7-10,14H,1-2,5-6H2. The molecule has 2 aromatic heterocycles. The van der Waals surface area contributed by atoms with Crippen LogP contribution in [0, 0.1) is 0 Å². The van der Waals surface area contributed by atoms with Crippen LogP contribution in [0.15, 0.2) is 29.1 Å². The van der Waals surface area contributed by atoms with Gasteiger partial charge in [-0.05, 0) is 43.4 Å². The fourth-order valence-electron chi connectivity index (χ4n) is 2.22. The molecule has 88 valence electrons. The van der Waals surface area contributed by atoms with Crippen LogP contribution in [0.25, 0.3) is 11.3 Å². The molecule has 0 unspecified atom stereocenters. The summed E-state index contributed by atoms with van der Waals surface area (Å²) in [7, 11) is 0. The van der Waals surface area contributed by atoms with Gasteiger partial charge < -0.3 is 5.32 Å². The molecule has 1 aliphatic rings. The average Bonchev–Trinajstić information content (AvgIpc) is 2.94. The maximum absolute atomic E-state index is 4.71. The zero-order valence-corrected chi connectivity index (χ0v) is 10.4. The number of rotatable bonds is 2. The lowest BCUT2D eigenvalue weighted by Gasteiger charge is -2.21. The first-order chi connectivity index (χ1) is 8.43. The summed E-state index contributed by atoms with van der Waals surface area (Å²) in [6.07, 6.45) is 4.18. The second-order valence-corrected chi connectivity index (χ2v) is 5.12. The minimum Gasteiger partial charge on any atom is -0.317 e. The molecule has 0 spiro atoms. The van der Waals surface area contributed by atoms with Crippen LogP contribution in [-0.2, 0) is 0 Å². The molecule has 0 aliphatic carbocycles. The van der Waals surface area contributed by atoms with E-state index in [1.54, 1.807) is 11.3 Å². The molecule has 2 aromatic rings. The van der Waals surface area contributed by atoms with Gasteiger partial charge in [-0.2, -0.15) is 11.3 Å². The third-order valence-corrected chi connectivity index (χ3v) is 3.88. The molecule has 17 heavy (non-hydrogen) atoms. The number of thiophene rings is 1. The minimum atomic E-state index is 0.523. The van der Waals surface area contributed by atoms with E-state index in [4.69, 9.17) is 4.98 Å². The Kier molecular flexibility index (Phi) is 3.16. The second-order valence-electron chi connectivity index (χ2n) is 4.34. The molecule has 1 aliphatic heterocycles. The minimum absolute atomic E-state index is 0.523. The first-order valence-electron chi connectivity index (χ1n) is 6.00. The average molecular weight is 245 g/mol. The van der Waals surface area contributed by atoms with Crippen molar-refractivity contribution >= 4 is 11.3 Å². The lowest BCUT2D eigenvalue weighted by atomic mass is 9.97. The van der Waals surface area contributed by atoms with E-state index in [-0.39, 0.29) is 0 Å². The van der Waals surface area contributed by atoms with Crippen molar-refractivity contribution in [1.29, 1.82) is 0 Å². The van der Waals surface area contributed by atoms with Crippen molar-refractivity contribution in [3.05, 3.63) is 34.9 Å². The summed E-state index contributed by atoms with van der Waals surface area (Å²) in [4.78, 5) is 9.14.